The fourth-order valence-corrected chi connectivity index (χ4v) is 4.17. The van der Waals surface area contributed by atoms with Gasteiger partial charge in [0.25, 0.3) is 0 Å². The van der Waals surface area contributed by atoms with Crippen molar-refractivity contribution >= 4 is 0 Å². The molecule has 3 rings (SSSR count). The van der Waals surface area contributed by atoms with Gasteiger partial charge in [0.05, 0.1) is 0 Å². The minimum Gasteiger partial charge on any atom is -0.293 e. The van der Waals surface area contributed by atoms with Gasteiger partial charge in [-0.15, -0.1) is 0 Å². The van der Waals surface area contributed by atoms with Crippen LogP contribution in [0.25, 0.3) is 0 Å². The number of hydrogen-bond donors (Lipinski definition) is 0. The quantitative estimate of drug-likeness (QED) is 0.744. The first-order chi connectivity index (χ1) is 8.71. The number of hydrogen-bond acceptors (Lipinski definition) is 1. The van der Waals surface area contributed by atoms with E-state index in [1.54, 1.807) is 0 Å². The molecule has 18 heavy (non-hydrogen) atoms. The van der Waals surface area contributed by atoms with E-state index in [0.29, 0.717) is 11.5 Å². The lowest BCUT2D eigenvalue weighted by molar-refractivity contribution is 0.0895. The van der Waals surface area contributed by atoms with Gasteiger partial charge in [-0.3, -0.25) is 4.90 Å². The molecule has 2 fully saturated rings. The van der Waals surface area contributed by atoms with Gasteiger partial charge in [0.2, 0.25) is 0 Å². The lowest BCUT2D eigenvalue weighted by atomic mass is 9.72. The number of nitrogens with zero attached hydrogens (tertiary/aromatic N) is 1. The van der Waals surface area contributed by atoms with Gasteiger partial charge in [-0.05, 0) is 43.7 Å². The molecule has 1 saturated carbocycles. The van der Waals surface area contributed by atoms with E-state index in [0.717, 1.165) is 6.04 Å². The van der Waals surface area contributed by atoms with E-state index < -0.39 is 0 Å². The normalized spacial score (nSPS) is 34.2. The molecule has 0 spiro atoms. The standard InChI is InChI=1S/C17H25N/c1-14(15-8-4-3-5-9-15)18-13-12-17(2)11-7-6-10-16(17)18/h3-5,8-9,14,16H,6-7,10-13H2,1-2H3/t14-,16+,17+/m0/s1. The summed E-state index contributed by atoms with van der Waals surface area (Å²) in [5.74, 6) is 0. The third-order valence-electron chi connectivity index (χ3n) is 5.40. The zero-order valence-electron chi connectivity index (χ0n) is 11.7. The number of benzene rings is 1. The highest BCUT2D eigenvalue weighted by Gasteiger charge is 2.46. The van der Waals surface area contributed by atoms with Crippen LogP contribution in [0, 0.1) is 5.41 Å². The van der Waals surface area contributed by atoms with Crippen molar-refractivity contribution in [3.8, 4) is 0 Å². The Morgan fingerprint density at radius 1 is 1.17 bits per heavy atom. The lowest BCUT2D eigenvalue weighted by Gasteiger charge is -2.41. The summed E-state index contributed by atoms with van der Waals surface area (Å²) in [5.41, 5.74) is 2.08. The molecule has 0 N–H and O–H groups in total. The Labute approximate surface area is 111 Å². The van der Waals surface area contributed by atoms with Gasteiger partial charge in [-0.2, -0.15) is 0 Å². The van der Waals surface area contributed by atoms with Gasteiger partial charge < -0.3 is 0 Å². The first-order valence-electron chi connectivity index (χ1n) is 7.51. The second-order valence-electron chi connectivity index (χ2n) is 6.49. The molecule has 1 aliphatic carbocycles. The third-order valence-corrected chi connectivity index (χ3v) is 5.40. The van der Waals surface area contributed by atoms with E-state index in [1.807, 2.05) is 0 Å². The van der Waals surface area contributed by atoms with Gasteiger partial charge in [-0.1, -0.05) is 50.1 Å². The topological polar surface area (TPSA) is 3.24 Å². The molecule has 1 aromatic carbocycles. The van der Waals surface area contributed by atoms with Crippen LogP contribution < -0.4 is 0 Å². The second-order valence-corrected chi connectivity index (χ2v) is 6.49. The van der Waals surface area contributed by atoms with Gasteiger partial charge in [-0.25, -0.2) is 0 Å². The zero-order valence-corrected chi connectivity index (χ0v) is 11.7. The molecule has 1 heteroatoms. The minimum atomic E-state index is 0.580. The summed E-state index contributed by atoms with van der Waals surface area (Å²) in [6.45, 7) is 6.20. The monoisotopic (exact) mass is 243 g/mol. The van der Waals surface area contributed by atoms with Crippen molar-refractivity contribution in [1.82, 2.24) is 4.90 Å². The van der Waals surface area contributed by atoms with E-state index >= 15 is 0 Å². The van der Waals surface area contributed by atoms with Gasteiger partial charge in [0.15, 0.2) is 0 Å². The van der Waals surface area contributed by atoms with Crippen molar-refractivity contribution in [2.24, 2.45) is 5.41 Å². The van der Waals surface area contributed by atoms with E-state index in [9.17, 15) is 0 Å². The van der Waals surface area contributed by atoms with Gasteiger partial charge >= 0.3 is 0 Å². The molecule has 1 aliphatic heterocycles. The summed E-state index contributed by atoms with van der Waals surface area (Å²) in [4.78, 5) is 2.77. The first-order valence-corrected chi connectivity index (χ1v) is 7.51. The van der Waals surface area contributed by atoms with Crippen LogP contribution in [0.2, 0.25) is 0 Å². The summed E-state index contributed by atoms with van der Waals surface area (Å²) < 4.78 is 0. The molecule has 2 aliphatic rings. The van der Waals surface area contributed by atoms with Crippen LogP contribution in [0.5, 0.6) is 0 Å². The molecular formula is C17H25N. The minimum absolute atomic E-state index is 0.580. The van der Waals surface area contributed by atoms with Crippen LogP contribution in [0.4, 0.5) is 0 Å². The first kappa shape index (κ1) is 12.2. The molecule has 0 aromatic heterocycles. The van der Waals surface area contributed by atoms with Crippen molar-refractivity contribution in [1.29, 1.82) is 0 Å². The summed E-state index contributed by atoms with van der Waals surface area (Å²) in [5, 5.41) is 0. The summed E-state index contributed by atoms with van der Waals surface area (Å²) in [7, 11) is 0. The summed E-state index contributed by atoms with van der Waals surface area (Å²) in [6.07, 6.45) is 7.12. The Morgan fingerprint density at radius 3 is 2.72 bits per heavy atom. The van der Waals surface area contributed by atoms with Crippen LogP contribution in [0.3, 0.4) is 0 Å². The largest absolute Gasteiger partial charge is 0.293 e. The number of likely N-dealkylation sites (tertiary alicyclic amines) is 1. The fraction of sp³-hybridized carbons (Fsp3) is 0.647. The predicted molar refractivity (Wildman–Crippen MR) is 76.5 cm³/mol. The Balaban J connectivity index is 1.81. The number of rotatable bonds is 2. The maximum absolute atomic E-state index is 2.77. The van der Waals surface area contributed by atoms with Crippen LogP contribution in [-0.4, -0.2) is 17.5 Å². The zero-order chi connectivity index (χ0) is 12.6. The van der Waals surface area contributed by atoms with Crippen molar-refractivity contribution in [2.45, 2.75) is 58.0 Å². The van der Waals surface area contributed by atoms with E-state index in [-0.39, 0.29) is 0 Å². The molecule has 3 atom stereocenters. The fourth-order valence-electron chi connectivity index (χ4n) is 4.17. The smallest absolute Gasteiger partial charge is 0.0323 e. The van der Waals surface area contributed by atoms with Crippen LogP contribution in [0.1, 0.15) is 57.6 Å². The van der Waals surface area contributed by atoms with Crippen LogP contribution in [0.15, 0.2) is 30.3 Å². The molecule has 0 unspecified atom stereocenters. The highest BCUT2D eigenvalue weighted by atomic mass is 15.2. The average molecular weight is 243 g/mol. The SMILES string of the molecule is C[C@@H](c1ccccc1)N1CC[C@@]2(C)CCCC[C@@H]12. The molecule has 0 amide bonds. The second kappa shape index (κ2) is 4.70. The molecule has 1 nitrogen and oxygen atoms in total. The van der Waals surface area contributed by atoms with Crippen LogP contribution >= 0.6 is 0 Å². The summed E-state index contributed by atoms with van der Waals surface area (Å²) >= 11 is 0. The third kappa shape index (κ3) is 1.99. The van der Waals surface area contributed by atoms with Gasteiger partial charge in [0, 0.05) is 12.1 Å². The Hall–Kier alpha value is -0.820. The highest BCUT2D eigenvalue weighted by Crippen LogP contribution is 2.48. The highest BCUT2D eigenvalue weighted by molar-refractivity contribution is 5.19. The maximum atomic E-state index is 2.77. The van der Waals surface area contributed by atoms with Crippen molar-refractivity contribution in [3.05, 3.63) is 35.9 Å². The summed E-state index contributed by atoms with van der Waals surface area (Å²) in [6, 6.07) is 12.4. The Morgan fingerprint density at radius 2 is 1.94 bits per heavy atom. The molecule has 0 radical (unpaired) electrons. The molecule has 1 aromatic rings. The average Bonchev–Trinajstić information content (AvgIpc) is 2.76. The molecule has 98 valence electrons. The van der Waals surface area contributed by atoms with Gasteiger partial charge in [0.1, 0.15) is 0 Å². The Bertz CT molecular complexity index is 399. The van der Waals surface area contributed by atoms with E-state index in [1.165, 1.54) is 44.2 Å². The molecule has 1 saturated heterocycles. The van der Waals surface area contributed by atoms with Crippen molar-refractivity contribution in [2.75, 3.05) is 6.54 Å². The maximum Gasteiger partial charge on any atom is 0.0323 e. The molecular weight excluding hydrogens is 218 g/mol. The van der Waals surface area contributed by atoms with Crippen molar-refractivity contribution in [3.63, 3.8) is 0 Å². The van der Waals surface area contributed by atoms with Crippen molar-refractivity contribution < 1.29 is 0 Å². The van der Waals surface area contributed by atoms with E-state index in [4.69, 9.17) is 0 Å². The molecule has 1 heterocycles. The molecule has 0 bridgehead atoms. The lowest BCUT2D eigenvalue weighted by Crippen LogP contribution is -2.41. The Kier molecular flexibility index (Phi) is 3.19. The number of fused-ring (bicyclic) bond motifs is 1. The predicted octanol–water partition coefficient (Wildman–Crippen LogP) is 4.40. The van der Waals surface area contributed by atoms with Crippen LogP contribution in [-0.2, 0) is 0 Å². The van der Waals surface area contributed by atoms with E-state index in [2.05, 4.69) is 49.1 Å².